The van der Waals surface area contributed by atoms with Crippen LogP contribution in [0.3, 0.4) is 0 Å². The zero-order valence-electron chi connectivity index (χ0n) is 16.0. The molecule has 31 heavy (non-hydrogen) atoms. The maximum atomic E-state index is 13.0. The monoisotopic (exact) mass is 466 g/mol. The number of alkyl halides is 3. The number of benzene rings is 2. The highest BCUT2D eigenvalue weighted by molar-refractivity contribution is 8.26. The summed E-state index contributed by atoms with van der Waals surface area (Å²) in [4.78, 5) is 26.4. The summed E-state index contributed by atoms with van der Waals surface area (Å²) in [6.45, 7) is 0.150. The Balaban J connectivity index is 1.58. The minimum atomic E-state index is -4.58. The topological polar surface area (TPSA) is 69.6 Å². The number of para-hydroxylation sites is 2. The van der Waals surface area contributed by atoms with E-state index in [4.69, 9.17) is 12.2 Å². The molecule has 0 aliphatic carbocycles. The lowest BCUT2D eigenvalue weighted by Crippen LogP contribution is -2.29. The van der Waals surface area contributed by atoms with Gasteiger partial charge in [0.1, 0.15) is 10.1 Å². The van der Waals surface area contributed by atoms with E-state index in [0.717, 1.165) is 17.8 Å². The number of thiocarbonyl (C=S) groups is 1. The summed E-state index contributed by atoms with van der Waals surface area (Å²) >= 11 is 6.31. The van der Waals surface area contributed by atoms with Crippen molar-refractivity contribution in [1.29, 1.82) is 0 Å². The van der Waals surface area contributed by atoms with Gasteiger partial charge in [0.15, 0.2) is 0 Å². The number of phenols is 1. The SMILES string of the molecule is O=C(CCCN1C(=O)/C(=C/c2ccccc2O)SC1=S)Nc1ccccc1C(F)(F)F. The van der Waals surface area contributed by atoms with Crippen LogP contribution in [-0.4, -0.2) is 32.7 Å². The molecular formula is C21H17F3N2O3S2. The van der Waals surface area contributed by atoms with Crippen molar-refractivity contribution < 1.29 is 27.9 Å². The molecule has 2 aromatic rings. The number of nitrogens with zero attached hydrogens (tertiary/aromatic N) is 1. The van der Waals surface area contributed by atoms with E-state index in [1.54, 1.807) is 18.2 Å². The lowest BCUT2D eigenvalue weighted by atomic mass is 10.1. The Labute approximate surface area is 185 Å². The molecule has 0 saturated carbocycles. The van der Waals surface area contributed by atoms with E-state index in [-0.39, 0.29) is 36.7 Å². The number of nitrogens with one attached hydrogen (secondary N) is 1. The molecule has 1 heterocycles. The van der Waals surface area contributed by atoms with Crippen LogP contribution in [0, 0.1) is 0 Å². The third-order valence-electron chi connectivity index (χ3n) is 4.39. The Bertz CT molecular complexity index is 1050. The average Bonchev–Trinajstić information content (AvgIpc) is 2.96. The number of aromatic hydroxyl groups is 1. The van der Waals surface area contributed by atoms with Crippen molar-refractivity contribution in [3.8, 4) is 5.75 Å². The van der Waals surface area contributed by atoms with Crippen LogP contribution in [-0.2, 0) is 15.8 Å². The Morgan fingerprint density at radius 3 is 2.55 bits per heavy atom. The third kappa shape index (κ3) is 5.65. The van der Waals surface area contributed by atoms with Gasteiger partial charge < -0.3 is 10.4 Å². The zero-order chi connectivity index (χ0) is 22.6. The van der Waals surface area contributed by atoms with Crippen LogP contribution in [0.25, 0.3) is 6.08 Å². The van der Waals surface area contributed by atoms with Crippen LogP contribution >= 0.6 is 24.0 Å². The average molecular weight is 467 g/mol. The Kier molecular flexibility index (Phi) is 7.01. The molecule has 0 unspecified atom stereocenters. The minimum absolute atomic E-state index is 0.0311. The standard InChI is InChI=1S/C21H17F3N2O3S2/c22-21(23,24)14-7-2-3-8-15(14)25-18(28)10-5-11-26-19(29)17(31-20(26)30)12-13-6-1-4-9-16(13)27/h1-4,6-9,12,27H,5,10-11H2,(H,25,28)/b17-12-. The summed E-state index contributed by atoms with van der Waals surface area (Å²) in [7, 11) is 0. The molecule has 162 valence electrons. The summed E-state index contributed by atoms with van der Waals surface area (Å²) in [6, 6.07) is 11.3. The lowest BCUT2D eigenvalue weighted by Gasteiger charge is -2.15. The third-order valence-corrected chi connectivity index (χ3v) is 5.77. The quantitative estimate of drug-likeness (QED) is 0.462. The van der Waals surface area contributed by atoms with Crippen LogP contribution < -0.4 is 5.32 Å². The molecular weight excluding hydrogens is 449 g/mol. The fourth-order valence-corrected chi connectivity index (χ4v) is 4.19. The minimum Gasteiger partial charge on any atom is -0.507 e. The number of hydrogen-bond acceptors (Lipinski definition) is 5. The molecule has 1 saturated heterocycles. The zero-order valence-corrected chi connectivity index (χ0v) is 17.6. The second kappa shape index (κ2) is 9.52. The second-order valence-electron chi connectivity index (χ2n) is 6.59. The normalized spacial score (nSPS) is 15.6. The summed E-state index contributed by atoms with van der Waals surface area (Å²) in [5.74, 6) is -0.906. The highest BCUT2D eigenvalue weighted by atomic mass is 32.2. The van der Waals surface area contributed by atoms with Crippen molar-refractivity contribution in [3.05, 3.63) is 64.6 Å². The molecule has 2 amide bonds. The maximum Gasteiger partial charge on any atom is 0.418 e. The van der Waals surface area contributed by atoms with Gasteiger partial charge in [0, 0.05) is 18.5 Å². The first-order valence-corrected chi connectivity index (χ1v) is 10.4. The van der Waals surface area contributed by atoms with Crippen LogP contribution in [0.1, 0.15) is 24.0 Å². The summed E-state index contributed by atoms with van der Waals surface area (Å²) < 4.78 is 39.4. The molecule has 0 bridgehead atoms. The van der Waals surface area contributed by atoms with Crippen LogP contribution in [0.15, 0.2) is 53.4 Å². The molecule has 10 heteroatoms. The maximum absolute atomic E-state index is 13.0. The molecule has 3 rings (SSSR count). The number of phenolic OH excluding ortho intramolecular Hbond substituents is 1. The van der Waals surface area contributed by atoms with Crippen LogP contribution in [0.5, 0.6) is 5.75 Å². The van der Waals surface area contributed by atoms with Gasteiger partial charge in [-0.3, -0.25) is 14.5 Å². The molecule has 0 atom stereocenters. The number of anilines is 1. The second-order valence-corrected chi connectivity index (χ2v) is 8.26. The van der Waals surface area contributed by atoms with Crippen molar-refractivity contribution in [1.82, 2.24) is 4.90 Å². The van der Waals surface area contributed by atoms with Crippen molar-refractivity contribution in [2.45, 2.75) is 19.0 Å². The van der Waals surface area contributed by atoms with E-state index in [9.17, 15) is 27.9 Å². The first kappa shape index (κ1) is 22.8. The van der Waals surface area contributed by atoms with Crippen molar-refractivity contribution in [2.24, 2.45) is 0 Å². The van der Waals surface area contributed by atoms with Gasteiger partial charge in [-0.05, 0) is 30.7 Å². The summed E-state index contributed by atoms with van der Waals surface area (Å²) in [6.07, 6.45) is -2.90. The fraction of sp³-hybridized carbons (Fsp3) is 0.190. The Hall–Kier alpha value is -2.85. The molecule has 0 radical (unpaired) electrons. The fourth-order valence-electron chi connectivity index (χ4n) is 2.89. The van der Waals surface area contributed by atoms with E-state index in [0.29, 0.717) is 14.8 Å². The van der Waals surface area contributed by atoms with E-state index < -0.39 is 17.6 Å². The highest BCUT2D eigenvalue weighted by Gasteiger charge is 2.34. The molecule has 1 aliphatic heterocycles. The van der Waals surface area contributed by atoms with Crippen LogP contribution in [0.4, 0.5) is 18.9 Å². The molecule has 0 spiro atoms. The highest BCUT2D eigenvalue weighted by Crippen LogP contribution is 2.35. The Morgan fingerprint density at radius 2 is 1.84 bits per heavy atom. The summed E-state index contributed by atoms with van der Waals surface area (Å²) in [5, 5.41) is 12.1. The van der Waals surface area contributed by atoms with E-state index >= 15 is 0 Å². The van der Waals surface area contributed by atoms with Crippen molar-refractivity contribution in [2.75, 3.05) is 11.9 Å². The van der Waals surface area contributed by atoms with E-state index in [2.05, 4.69) is 5.32 Å². The van der Waals surface area contributed by atoms with E-state index in [1.807, 2.05) is 0 Å². The Morgan fingerprint density at radius 1 is 1.16 bits per heavy atom. The smallest absolute Gasteiger partial charge is 0.418 e. The summed E-state index contributed by atoms with van der Waals surface area (Å²) in [5.41, 5.74) is -0.753. The first-order chi connectivity index (χ1) is 14.7. The number of amides is 2. The van der Waals surface area contributed by atoms with Gasteiger partial charge in [0.2, 0.25) is 5.91 Å². The molecule has 5 nitrogen and oxygen atoms in total. The van der Waals surface area contributed by atoms with Gasteiger partial charge >= 0.3 is 6.18 Å². The van der Waals surface area contributed by atoms with Gasteiger partial charge in [0.25, 0.3) is 5.91 Å². The van der Waals surface area contributed by atoms with E-state index in [1.165, 1.54) is 35.2 Å². The lowest BCUT2D eigenvalue weighted by molar-refractivity contribution is -0.137. The molecule has 0 aromatic heterocycles. The van der Waals surface area contributed by atoms with Gasteiger partial charge in [-0.15, -0.1) is 0 Å². The molecule has 2 N–H and O–H groups in total. The van der Waals surface area contributed by atoms with Gasteiger partial charge in [0.05, 0.1) is 16.2 Å². The largest absolute Gasteiger partial charge is 0.507 e. The van der Waals surface area contributed by atoms with Gasteiger partial charge in [-0.2, -0.15) is 13.2 Å². The molecule has 1 aliphatic rings. The van der Waals surface area contributed by atoms with Gasteiger partial charge in [-0.1, -0.05) is 54.3 Å². The number of thioether (sulfide) groups is 1. The van der Waals surface area contributed by atoms with Crippen molar-refractivity contribution in [3.63, 3.8) is 0 Å². The number of halogens is 3. The van der Waals surface area contributed by atoms with Crippen LogP contribution in [0.2, 0.25) is 0 Å². The van der Waals surface area contributed by atoms with Crippen molar-refractivity contribution >= 4 is 51.9 Å². The first-order valence-electron chi connectivity index (χ1n) is 9.16. The molecule has 1 fully saturated rings. The number of carbonyl (C=O) groups is 2. The number of rotatable bonds is 6. The predicted octanol–water partition coefficient (Wildman–Crippen LogP) is 5.03. The number of carbonyl (C=O) groups excluding carboxylic acids is 2. The van der Waals surface area contributed by atoms with Gasteiger partial charge in [-0.25, -0.2) is 0 Å². The predicted molar refractivity (Wildman–Crippen MR) is 117 cm³/mol. The number of hydrogen-bond donors (Lipinski definition) is 2. The molecule has 2 aromatic carbocycles.